The second kappa shape index (κ2) is 15.0. The van der Waals surface area contributed by atoms with Crippen LogP contribution in [0.5, 0.6) is 5.75 Å². The highest BCUT2D eigenvalue weighted by Crippen LogP contribution is 2.35. The molecule has 0 spiro atoms. The highest BCUT2D eigenvalue weighted by Gasteiger charge is 2.35. The van der Waals surface area contributed by atoms with Crippen molar-refractivity contribution in [2.24, 2.45) is 5.92 Å². The van der Waals surface area contributed by atoms with Crippen LogP contribution in [-0.4, -0.2) is 51.4 Å². The number of nitrogens with one attached hydrogen (secondary N) is 1. The zero-order valence-electron chi connectivity index (χ0n) is 23.8. The molecule has 8 nitrogen and oxygen atoms in total. The molecular weight excluding hydrogens is 621 g/mol. The zero-order chi connectivity index (χ0) is 31.0. The average molecular weight is 655 g/mol. The van der Waals surface area contributed by atoms with E-state index in [9.17, 15) is 18.0 Å². The minimum Gasteiger partial charge on any atom is -0.495 e. The van der Waals surface area contributed by atoms with Crippen molar-refractivity contribution in [2.45, 2.75) is 44.7 Å². The van der Waals surface area contributed by atoms with Crippen molar-refractivity contribution in [3.63, 3.8) is 0 Å². The molecule has 42 heavy (non-hydrogen) atoms. The van der Waals surface area contributed by atoms with Crippen molar-refractivity contribution in [3.05, 3.63) is 87.4 Å². The van der Waals surface area contributed by atoms with Crippen LogP contribution in [-0.2, 0) is 26.2 Å². The first-order valence-electron chi connectivity index (χ1n) is 13.3. The predicted octanol–water partition coefficient (Wildman–Crippen LogP) is 6.43. The summed E-state index contributed by atoms with van der Waals surface area (Å²) in [6.07, 6.45) is 0.271. The van der Waals surface area contributed by atoms with E-state index in [1.165, 1.54) is 36.3 Å². The highest BCUT2D eigenvalue weighted by molar-refractivity contribution is 7.92. The molecule has 3 aromatic rings. The smallest absolute Gasteiger partial charge is 0.264 e. The number of methoxy groups -OCH3 is 1. The second-order valence-electron chi connectivity index (χ2n) is 9.96. The number of halogens is 3. The van der Waals surface area contributed by atoms with Gasteiger partial charge in [0, 0.05) is 28.2 Å². The Bertz CT molecular complexity index is 1500. The first-order valence-corrected chi connectivity index (χ1v) is 15.9. The van der Waals surface area contributed by atoms with Crippen molar-refractivity contribution in [1.82, 2.24) is 10.2 Å². The molecule has 12 heteroatoms. The van der Waals surface area contributed by atoms with E-state index in [2.05, 4.69) is 5.32 Å². The van der Waals surface area contributed by atoms with E-state index in [1.54, 1.807) is 49.4 Å². The summed E-state index contributed by atoms with van der Waals surface area (Å²) in [5.74, 6) is -0.611. The van der Waals surface area contributed by atoms with Gasteiger partial charge < -0.3 is 15.0 Å². The van der Waals surface area contributed by atoms with E-state index in [1.807, 2.05) is 13.8 Å². The molecule has 0 aliphatic rings. The molecule has 1 atom stereocenters. The number of amides is 2. The summed E-state index contributed by atoms with van der Waals surface area (Å²) in [7, 11) is -2.90. The van der Waals surface area contributed by atoms with Crippen molar-refractivity contribution in [1.29, 1.82) is 0 Å². The number of carbonyl (C=O) groups excluding carboxylic acids is 2. The molecule has 0 radical (unpaired) electrons. The fourth-order valence-corrected chi connectivity index (χ4v) is 6.34. The van der Waals surface area contributed by atoms with Gasteiger partial charge in [-0.25, -0.2) is 8.42 Å². The van der Waals surface area contributed by atoms with E-state index in [4.69, 9.17) is 39.5 Å². The Morgan fingerprint density at radius 2 is 1.60 bits per heavy atom. The number of nitrogens with zero attached hydrogens (tertiary/aromatic N) is 2. The molecule has 0 saturated carbocycles. The van der Waals surface area contributed by atoms with Gasteiger partial charge in [0.05, 0.1) is 17.7 Å². The number of anilines is 1. The number of ether oxygens (including phenoxy) is 1. The van der Waals surface area contributed by atoms with E-state index < -0.39 is 28.5 Å². The Balaban J connectivity index is 2.13. The topological polar surface area (TPSA) is 96.0 Å². The molecule has 0 aliphatic carbocycles. The molecule has 1 unspecified atom stereocenters. The van der Waals surface area contributed by atoms with Crippen LogP contribution in [0.15, 0.2) is 71.6 Å². The monoisotopic (exact) mass is 653 g/mol. The molecule has 3 rings (SSSR count). The van der Waals surface area contributed by atoms with E-state index in [0.717, 1.165) is 4.31 Å². The maximum atomic E-state index is 14.2. The third-order valence-electron chi connectivity index (χ3n) is 6.45. The lowest BCUT2D eigenvalue weighted by atomic mass is 10.1. The summed E-state index contributed by atoms with van der Waals surface area (Å²) in [5, 5.41) is 3.86. The molecule has 1 N–H and O–H groups in total. The van der Waals surface area contributed by atoms with Gasteiger partial charge in [-0.1, -0.05) is 79.8 Å². The molecule has 0 fully saturated rings. The van der Waals surface area contributed by atoms with Gasteiger partial charge in [0.15, 0.2) is 0 Å². The lowest BCUT2D eigenvalue weighted by Gasteiger charge is -2.33. The van der Waals surface area contributed by atoms with E-state index in [0.29, 0.717) is 22.2 Å². The van der Waals surface area contributed by atoms with Gasteiger partial charge in [-0.15, -0.1) is 0 Å². The van der Waals surface area contributed by atoms with Gasteiger partial charge in [0.2, 0.25) is 11.8 Å². The predicted molar refractivity (Wildman–Crippen MR) is 168 cm³/mol. The Morgan fingerprint density at radius 3 is 2.19 bits per heavy atom. The minimum absolute atomic E-state index is 0.0335. The molecule has 0 aromatic heterocycles. The van der Waals surface area contributed by atoms with Crippen molar-refractivity contribution in [2.75, 3.05) is 24.5 Å². The quantitative estimate of drug-likeness (QED) is 0.229. The molecule has 3 aromatic carbocycles. The van der Waals surface area contributed by atoms with Gasteiger partial charge in [0.1, 0.15) is 18.3 Å². The number of hydrogen-bond donors (Lipinski definition) is 1. The lowest BCUT2D eigenvalue weighted by Crippen LogP contribution is -2.52. The Kier molecular flexibility index (Phi) is 11.9. The number of rotatable bonds is 13. The molecule has 0 heterocycles. The molecule has 0 bridgehead atoms. The lowest BCUT2D eigenvalue weighted by molar-refractivity contribution is -0.140. The summed E-state index contributed by atoms with van der Waals surface area (Å²) < 4.78 is 34.4. The average Bonchev–Trinajstić information content (AvgIpc) is 2.96. The van der Waals surface area contributed by atoms with Gasteiger partial charge in [0.25, 0.3) is 10.0 Å². The first kappa shape index (κ1) is 33.5. The van der Waals surface area contributed by atoms with Crippen LogP contribution < -0.4 is 14.4 Å². The minimum atomic E-state index is -4.29. The largest absolute Gasteiger partial charge is 0.495 e. The number of sulfonamides is 1. The molecule has 0 saturated heterocycles. The number of benzene rings is 3. The summed E-state index contributed by atoms with van der Waals surface area (Å²) in [5.41, 5.74) is 0.617. The Morgan fingerprint density at radius 1 is 0.952 bits per heavy atom. The van der Waals surface area contributed by atoms with Crippen LogP contribution in [0.1, 0.15) is 32.8 Å². The summed E-state index contributed by atoms with van der Waals surface area (Å²) in [6, 6.07) is 16.2. The second-order valence-corrected chi connectivity index (χ2v) is 13.1. The van der Waals surface area contributed by atoms with Crippen LogP contribution in [0.25, 0.3) is 0 Å². The molecule has 2 amide bonds. The Labute approximate surface area is 262 Å². The Hall–Kier alpha value is -2.98. The van der Waals surface area contributed by atoms with Crippen LogP contribution in [0.4, 0.5) is 5.69 Å². The molecule has 226 valence electrons. The van der Waals surface area contributed by atoms with Crippen LogP contribution >= 0.6 is 34.8 Å². The van der Waals surface area contributed by atoms with Crippen LogP contribution in [0.3, 0.4) is 0 Å². The molecular formula is C30H34Cl3N3O5S. The van der Waals surface area contributed by atoms with Gasteiger partial charge in [-0.05, 0) is 60.4 Å². The maximum Gasteiger partial charge on any atom is 0.264 e. The van der Waals surface area contributed by atoms with Crippen LogP contribution in [0.2, 0.25) is 15.1 Å². The van der Waals surface area contributed by atoms with Gasteiger partial charge in [-0.3, -0.25) is 13.9 Å². The van der Waals surface area contributed by atoms with E-state index in [-0.39, 0.29) is 46.1 Å². The molecule has 0 aliphatic heterocycles. The summed E-state index contributed by atoms with van der Waals surface area (Å²) >= 11 is 18.8. The van der Waals surface area contributed by atoms with Crippen molar-refractivity contribution < 1.29 is 22.7 Å². The number of carbonyl (C=O) groups is 2. The highest BCUT2D eigenvalue weighted by atomic mass is 35.5. The third kappa shape index (κ3) is 8.31. The van der Waals surface area contributed by atoms with E-state index >= 15 is 0 Å². The fourth-order valence-electron chi connectivity index (χ4n) is 4.27. The zero-order valence-corrected chi connectivity index (χ0v) is 26.9. The standard InChI is InChI=1S/C30H34Cl3N3O5S/c1-5-26(30(38)34-17-20(2)3)35(18-21-11-12-22(31)15-25(21)33)29(37)19-36(27-16-23(32)13-14-28(27)41-4)42(39,40)24-9-7-6-8-10-24/h6-16,20,26H,5,17-19H2,1-4H3,(H,34,38). The summed E-state index contributed by atoms with van der Waals surface area (Å²) in [4.78, 5) is 28.9. The first-order chi connectivity index (χ1) is 19.9. The maximum absolute atomic E-state index is 14.2. The van der Waals surface area contributed by atoms with Crippen molar-refractivity contribution >= 4 is 62.3 Å². The van der Waals surface area contributed by atoms with Crippen LogP contribution in [0, 0.1) is 5.92 Å². The van der Waals surface area contributed by atoms with Gasteiger partial charge >= 0.3 is 0 Å². The normalized spacial score (nSPS) is 12.1. The number of hydrogen-bond acceptors (Lipinski definition) is 5. The third-order valence-corrected chi connectivity index (χ3v) is 9.04. The fraction of sp³-hybridized carbons (Fsp3) is 0.333. The SMILES string of the molecule is CCC(C(=O)NCC(C)C)N(Cc1ccc(Cl)cc1Cl)C(=O)CN(c1cc(Cl)ccc1OC)S(=O)(=O)c1ccccc1. The summed E-state index contributed by atoms with van der Waals surface area (Å²) in [6.45, 7) is 5.40. The van der Waals surface area contributed by atoms with Gasteiger partial charge in [-0.2, -0.15) is 0 Å². The van der Waals surface area contributed by atoms with Crippen molar-refractivity contribution in [3.8, 4) is 5.75 Å².